The van der Waals surface area contributed by atoms with Crippen molar-refractivity contribution < 1.29 is 9.53 Å². The van der Waals surface area contributed by atoms with Crippen molar-refractivity contribution in [3.05, 3.63) is 40.3 Å². The van der Waals surface area contributed by atoms with Gasteiger partial charge < -0.3 is 20.3 Å². The van der Waals surface area contributed by atoms with Gasteiger partial charge in [-0.05, 0) is 32.9 Å². The minimum absolute atomic E-state index is 0.166. The van der Waals surface area contributed by atoms with Crippen LogP contribution >= 0.6 is 11.3 Å². The SMILES string of the molecule is Cc1csc(CNC(=O)Nc2ccccc2N2CC(C)OC(C)C2)n1. The maximum atomic E-state index is 12.3. The highest BCUT2D eigenvalue weighted by Crippen LogP contribution is 2.28. The highest BCUT2D eigenvalue weighted by atomic mass is 32.1. The third-order valence-electron chi connectivity index (χ3n) is 3.98. The summed E-state index contributed by atoms with van der Waals surface area (Å²) in [6.07, 6.45) is 0.331. The first-order valence-corrected chi connectivity index (χ1v) is 9.34. The fourth-order valence-electron chi connectivity index (χ4n) is 3.04. The molecule has 1 aromatic heterocycles. The summed E-state index contributed by atoms with van der Waals surface area (Å²) < 4.78 is 5.80. The second-order valence-corrected chi connectivity index (χ2v) is 7.31. The van der Waals surface area contributed by atoms with Gasteiger partial charge >= 0.3 is 6.03 Å². The summed E-state index contributed by atoms with van der Waals surface area (Å²) in [6.45, 7) is 8.13. The van der Waals surface area contributed by atoms with Crippen molar-refractivity contribution in [3.63, 3.8) is 0 Å². The fourth-order valence-corrected chi connectivity index (χ4v) is 3.75. The average molecular weight is 360 g/mol. The van der Waals surface area contributed by atoms with Crippen LogP contribution in [0, 0.1) is 6.92 Å². The van der Waals surface area contributed by atoms with Gasteiger partial charge in [-0.1, -0.05) is 12.1 Å². The van der Waals surface area contributed by atoms with Gasteiger partial charge in [0, 0.05) is 24.2 Å². The number of carbonyl (C=O) groups is 1. The van der Waals surface area contributed by atoms with Crippen molar-refractivity contribution in [2.75, 3.05) is 23.3 Å². The fraction of sp³-hybridized carbons (Fsp3) is 0.444. The molecule has 1 aromatic carbocycles. The number of para-hydroxylation sites is 2. The molecule has 2 N–H and O–H groups in total. The molecule has 3 rings (SSSR count). The Kier molecular flexibility index (Phi) is 5.55. The van der Waals surface area contributed by atoms with E-state index < -0.39 is 0 Å². The van der Waals surface area contributed by atoms with Crippen LogP contribution in [0.3, 0.4) is 0 Å². The van der Waals surface area contributed by atoms with Crippen LogP contribution < -0.4 is 15.5 Å². The van der Waals surface area contributed by atoms with E-state index in [9.17, 15) is 4.79 Å². The van der Waals surface area contributed by atoms with Gasteiger partial charge in [-0.15, -0.1) is 11.3 Å². The minimum atomic E-state index is -0.227. The van der Waals surface area contributed by atoms with Gasteiger partial charge in [0.2, 0.25) is 0 Å². The Balaban J connectivity index is 1.65. The largest absolute Gasteiger partial charge is 0.372 e. The van der Waals surface area contributed by atoms with Crippen LogP contribution in [0.1, 0.15) is 24.5 Å². The zero-order valence-electron chi connectivity index (χ0n) is 14.8. The summed E-state index contributed by atoms with van der Waals surface area (Å²) in [6, 6.07) is 7.64. The average Bonchev–Trinajstić information content (AvgIpc) is 2.98. The lowest BCUT2D eigenvalue weighted by Crippen LogP contribution is -2.45. The number of thiazole rings is 1. The number of nitrogens with one attached hydrogen (secondary N) is 2. The summed E-state index contributed by atoms with van der Waals surface area (Å²) in [5.41, 5.74) is 2.80. The van der Waals surface area contributed by atoms with Crippen molar-refractivity contribution in [1.82, 2.24) is 10.3 Å². The molecule has 2 heterocycles. The van der Waals surface area contributed by atoms with Gasteiger partial charge in [0.25, 0.3) is 0 Å². The Morgan fingerprint density at radius 1 is 1.32 bits per heavy atom. The van der Waals surface area contributed by atoms with Crippen molar-refractivity contribution in [3.8, 4) is 0 Å². The van der Waals surface area contributed by atoms with Gasteiger partial charge in [0.05, 0.1) is 30.1 Å². The molecule has 7 heteroatoms. The standard InChI is InChI=1S/C18H24N4O2S/c1-12-11-25-17(20-12)8-19-18(23)21-15-6-4-5-7-16(15)22-9-13(2)24-14(3)10-22/h4-7,11,13-14H,8-10H2,1-3H3,(H2,19,21,23). The smallest absolute Gasteiger partial charge is 0.319 e. The number of amides is 2. The van der Waals surface area contributed by atoms with E-state index in [4.69, 9.17) is 4.74 Å². The molecule has 0 saturated carbocycles. The Hall–Kier alpha value is -2.12. The van der Waals surface area contributed by atoms with E-state index in [0.717, 1.165) is 35.2 Å². The van der Waals surface area contributed by atoms with Crippen LogP contribution in [0.5, 0.6) is 0 Å². The molecule has 0 radical (unpaired) electrons. The first kappa shape index (κ1) is 17.7. The number of urea groups is 1. The quantitative estimate of drug-likeness (QED) is 0.877. The molecule has 1 saturated heterocycles. The lowest BCUT2D eigenvalue weighted by atomic mass is 10.1. The number of ether oxygens (including phenoxy) is 1. The van der Waals surface area contributed by atoms with Crippen molar-refractivity contribution >= 4 is 28.7 Å². The molecule has 0 spiro atoms. The van der Waals surface area contributed by atoms with Crippen LogP contribution in [-0.2, 0) is 11.3 Å². The van der Waals surface area contributed by atoms with Crippen LogP contribution in [-0.4, -0.2) is 36.3 Å². The molecule has 2 aromatic rings. The first-order chi connectivity index (χ1) is 12.0. The number of aryl methyl sites for hydroxylation is 1. The van der Waals surface area contributed by atoms with E-state index in [-0.39, 0.29) is 18.2 Å². The van der Waals surface area contributed by atoms with E-state index in [0.29, 0.717) is 6.54 Å². The third-order valence-corrected chi connectivity index (χ3v) is 4.95. The van der Waals surface area contributed by atoms with E-state index in [1.54, 1.807) is 11.3 Å². The Bertz CT molecular complexity index is 723. The Morgan fingerprint density at radius 3 is 2.72 bits per heavy atom. The predicted molar refractivity (Wildman–Crippen MR) is 101 cm³/mol. The van der Waals surface area contributed by atoms with E-state index in [2.05, 4.69) is 34.4 Å². The lowest BCUT2D eigenvalue weighted by Gasteiger charge is -2.37. The minimum Gasteiger partial charge on any atom is -0.372 e. The number of anilines is 2. The number of morpholine rings is 1. The zero-order valence-corrected chi connectivity index (χ0v) is 15.6. The molecular weight excluding hydrogens is 336 g/mol. The molecule has 0 aliphatic carbocycles. The summed E-state index contributed by atoms with van der Waals surface area (Å²) in [5.74, 6) is 0. The molecule has 1 aliphatic rings. The zero-order chi connectivity index (χ0) is 17.8. The Labute approximate surface area is 152 Å². The molecule has 134 valence electrons. The van der Waals surface area contributed by atoms with Gasteiger partial charge in [0.1, 0.15) is 5.01 Å². The normalized spacial score (nSPS) is 20.4. The predicted octanol–water partition coefficient (Wildman–Crippen LogP) is 3.39. The number of aromatic nitrogens is 1. The number of rotatable bonds is 4. The van der Waals surface area contributed by atoms with Crippen LogP contribution in [0.2, 0.25) is 0 Å². The lowest BCUT2D eigenvalue weighted by molar-refractivity contribution is -0.00517. The molecule has 6 nitrogen and oxygen atoms in total. The van der Waals surface area contributed by atoms with Gasteiger partial charge in [-0.2, -0.15) is 0 Å². The highest BCUT2D eigenvalue weighted by molar-refractivity contribution is 7.09. The van der Waals surface area contributed by atoms with Crippen LogP contribution in [0.4, 0.5) is 16.2 Å². The van der Waals surface area contributed by atoms with Crippen molar-refractivity contribution in [2.45, 2.75) is 39.5 Å². The van der Waals surface area contributed by atoms with Gasteiger partial charge in [-0.3, -0.25) is 0 Å². The van der Waals surface area contributed by atoms with E-state index in [1.165, 1.54) is 0 Å². The first-order valence-electron chi connectivity index (χ1n) is 8.46. The number of hydrogen-bond donors (Lipinski definition) is 2. The van der Waals surface area contributed by atoms with Gasteiger partial charge in [-0.25, -0.2) is 9.78 Å². The maximum absolute atomic E-state index is 12.3. The summed E-state index contributed by atoms with van der Waals surface area (Å²) in [5, 5.41) is 8.70. The molecule has 0 bridgehead atoms. The van der Waals surface area contributed by atoms with Gasteiger partial charge in [0.15, 0.2) is 0 Å². The van der Waals surface area contributed by atoms with E-state index in [1.807, 2.05) is 36.6 Å². The maximum Gasteiger partial charge on any atom is 0.319 e. The number of nitrogens with zero attached hydrogens (tertiary/aromatic N) is 2. The molecule has 25 heavy (non-hydrogen) atoms. The Morgan fingerprint density at radius 2 is 2.04 bits per heavy atom. The second-order valence-electron chi connectivity index (χ2n) is 6.37. The number of hydrogen-bond acceptors (Lipinski definition) is 5. The van der Waals surface area contributed by atoms with Crippen molar-refractivity contribution in [1.29, 1.82) is 0 Å². The second kappa shape index (κ2) is 7.84. The van der Waals surface area contributed by atoms with E-state index >= 15 is 0 Å². The van der Waals surface area contributed by atoms with Crippen LogP contribution in [0.25, 0.3) is 0 Å². The van der Waals surface area contributed by atoms with Crippen molar-refractivity contribution in [2.24, 2.45) is 0 Å². The molecular formula is C18H24N4O2S. The molecule has 2 atom stereocenters. The summed E-state index contributed by atoms with van der Waals surface area (Å²) in [4.78, 5) is 18.9. The molecule has 1 aliphatic heterocycles. The third kappa shape index (κ3) is 4.70. The van der Waals surface area contributed by atoms with Crippen LogP contribution in [0.15, 0.2) is 29.6 Å². The number of benzene rings is 1. The molecule has 2 unspecified atom stereocenters. The molecule has 1 fully saturated rings. The monoisotopic (exact) mass is 360 g/mol. The summed E-state index contributed by atoms with van der Waals surface area (Å²) in [7, 11) is 0. The highest BCUT2D eigenvalue weighted by Gasteiger charge is 2.24. The molecule has 2 amide bonds. The number of carbonyl (C=O) groups excluding carboxylic acids is 1. The topological polar surface area (TPSA) is 66.5 Å². The summed E-state index contributed by atoms with van der Waals surface area (Å²) >= 11 is 1.55.